The predicted octanol–water partition coefficient (Wildman–Crippen LogP) is 3.01. The first-order valence-electron chi connectivity index (χ1n) is 8.42. The lowest BCUT2D eigenvalue weighted by molar-refractivity contribution is 0.314. The van der Waals surface area contributed by atoms with Gasteiger partial charge in [0.2, 0.25) is 5.88 Å². The summed E-state index contributed by atoms with van der Waals surface area (Å²) in [5.74, 6) is 0.674. The van der Waals surface area contributed by atoms with Crippen molar-refractivity contribution < 1.29 is 9.13 Å². The molecule has 27 heavy (non-hydrogen) atoms. The van der Waals surface area contributed by atoms with E-state index in [2.05, 4.69) is 14.9 Å². The van der Waals surface area contributed by atoms with E-state index in [1.807, 2.05) is 4.90 Å². The molecule has 146 valence electrons. The Bertz CT molecular complexity index is 754. The van der Waals surface area contributed by atoms with E-state index < -0.39 is 0 Å². The largest absolute Gasteiger partial charge is 0.475 e. The summed E-state index contributed by atoms with van der Waals surface area (Å²) in [6.07, 6.45) is 1.62. The molecule has 1 aliphatic heterocycles. The zero-order valence-electron chi connectivity index (χ0n) is 14.7. The van der Waals surface area contributed by atoms with Gasteiger partial charge in [0.15, 0.2) is 5.96 Å². The quantitative estimate of drug-likeness (QED) is 0.293. The van der Waals surface area contributed by atoms with Crippen molar-refractivity contribution in [2.45, 2.75) is 0 Å². The number of hydrogen-bond donors (Lipinski definition) is 1. The van der Waals surface area contributed by atoms with Gasteiger partial charge in [-0.2, -0.15) is 0 Å². The highest BCUT2D eigenvalue weighted by Crippen LogP contribution is 2.19. The Morgan fingerprint density at radius 1 is 1.19 bits per heavy atom. The Kier molecular flexibility index (Phi) is 8.36. The number of nitrogens with two attached hydrogens (primary N) is 1. The summed E-state index contributed by atoms with van der Waals surface area (Å²) in [6, 6.07) is 10.0. The van der Waals surface area contributed by atoms with E-state index in [0.29, 0.717) is 30.0 Å². The number of halogens is 3. The Morgan fingerprint density at radius 3 is 2.56 bits per heavy atom. The lowest BCUT2D eigenvalue weighted by Crippen LogP contribution is -2.51. The second-order valence-corrected chi connectivity index (χ2v) is 6.24. The second-order valence-electron chi connectivity index (χ2n) is 5.83. The maximum absolute atomic E-state index is 13.0. The highest BCUT2D eigenvalue weighted by atomic mass is 127. The molecule has 0 aliphatic carbocycles. The zero-order valence-corrected chi connectivity index (χ0v) is 17.8. The Balaban J connectivity index is 0.00000261. The number of anilines is 1. The van der Waals surface area contributed by atoms with Crippen molar-refractivity contribution >= 4 is 47.2 Å². The minimum atomic E-state index is -0.224. The molecule has 1 aromatic heterocycles. The SMILES string of the molecule is I.NC(=NCCOc1ncccc1Cl)N1CCN(c2ccc(F)cc2)CC1. The zero-order chi connectivity index (χ0) is 18.4. The molecule has 0 atom stereocenters. The third-order valence-electron chi connectivity index (χ3n) is 4.12. The average Bonchev–Trinajstić information content (AvgIpc) is 2.67. The summed E-state index contributed by atoms with van der Waals surface area (Å²) in [5.41, 5.74) is 7.09. The highest BCUT2D eigenvalue weighted by Gasteiger charge is 2.18. The fourth-order valence-electron chi connectivity index (χ4n) is 2.73. The van der Waals surface area contributed by atoms with Crippen molar-refractivity contribution in [1.29, 1.82) is 0 Å². The molecular formula is C18H22ClFIN5O. The lowest BCUT2D eigenvalue weighted by Gasteiger charge is -2.36. The average molecular weight is 506 g/mol. The van der Waals surface area contributed by atoms with E-state index in [1.54, 1.807) is 30.5 Å². The molecule has 0 saturated carbocycles. The predicted molar refractivity (Wildman–Crippen MR) is 117 cm³/mol. The molecule has 2 heterocycles. The summed E-state index contributed by atoms with van der Waals surface area (Å²) in [7, 11) is 0. The van der Waals surface area contributed by atoms with Gasteiger partial charge in [-0.05, 0) is 36.4 Å². The standard InChI is InChI=1S/C18H21ClFN5O.HI/c19-16-2-1-7-22-17(16)26-13-8-23-18(21)25-11-9-24(10-12-25)15-5-3-14(20)4-6-15;/h1-7H,8-13H2,(H2,21,23);1H. The van der Waals surface area contributed by atoms with E-state index in [1.165, 1.54) is 12.1 Å². The number of pyridine rings is 1. The first kappa shape index (κ1) is 21.5. The summed E-state index contributed by atoms with van der Waals surface area (Å²) in [4.78, 5) is 12.7. The summed E-state index contributed by atoms with van der Waals surface area (Å²) in [6.45, 7) is 3.92. The first-order chi connectivity index (χ1) is 12.6. The summed E-state index contributed by atoms with van der Waals surface area (Å²) >= 11 is 5.98. The van der Waals surface area contributed by atoms with Crippen LogP contribution in [0.25, 0.3) is 0 Å². The third-order valence-corrected chi connectivity index (χ3v) is 4.41. The van der Waals surface area contributed by atoms with Gasteiger partial charge in [-0.15, -0.1) is 24.0 Å². The molecule has 0 unspecified atom stereocenters. The van der Waals surface area contributed by atoms with Crippen molar-refractivity contribution in [2.75, 3.05) is 44.2 Å². The van der Waals surface area contributed by atoms with Crippen molar-refractivity contribution in [1.82, 2.24) is 9.88 Å². The lowest BCUT2D eigenvalue weighted by atomic mass is 10.2. The van der Waals surface area contributed by atoms with E-state index in [0.717, 1.165) is 31.9 Å². The van der Waals surface area contributed by atoms with E-state index in [4.69, 9.17) is 22.1 Å². The molecule has 0 amide bonds. The molecule has 2 aromatic rings. The van der Waals surface area contributed by atoms with Crippen LogP contribution in [0.5, 0.6) is 5.88 Å². The van der Waals surface area contributed by atoms with Gasteiger partial charge in [0.1, 0.15) is 17.4 Å². The highest BCUT2D eigenvalue weighted by molar-refractivity contribution is 14.0. The number of hydrogen-bond acceptors (Lipinski definition) is 4. The van der Waals surface area contributed by atoms with Gasteiger partial charge >= 0.3 is 0 Å². The smallest absolute Gasteiger partial charge is 0.232 e. The van der Waals surface area contributed by atoms with Gasteiger partial charge in [0.25, 0.3) is 0 Å². The van der Waals surface area contributed by atoms with Crippen LogP contribution < -0.4 is 15.4 Å². The van der Waals surface area contributed by atoms with Crippen LogP contribution in [0.2, 0.25) is 5.02 Å². The number of nitrogens with zero attached hydrogens (tertiary/aromatic N) is 4. The number of ether oxygens (including phenoxy) is 1. The Hall–Kier alpha value is -1.81. The number of aromatic nitrogens is 1. The minimum Gasteiger partial charge on any atom is -0.475 e. The van der Waals surface area contributed by atoms with Crippen LogP contribution in [0, 0.1) is 5.82 Å². The van der Waals surface area contributed by atoms with Gasteiger partial charge in [-0.3, -0.25) is 0 Å². The molecule has 6 nitrogen and oxygen atoms in total. The van der Waals surface area contributed by atoms with Gasteiger partial charge in [0, 0.05) is 38.1 Å². The minimum absolute atomic E-state index is 0. The molecule has 1 fully saturated rings. The van der Waals surface area contributed by atoms with Crippen LogP contribution in [-0.2, 0) is 0 Å². The van der Waals surface area contributed by atoms with Crippen molar-refractivity contribution in [3.8, 4) is 5.88 Å². The van der Waals surface area contributed by atoms with E-state index in [9.17, 15) is 4.39 Å². The normalized spacial score (nSPS) is 14.7. The molecule has 0 bridgehead atoms. The van der Waals surface area contributed by atoms with Crippen molar-refractivity contribution in [3.05, 3.63) is 53.4 Å². The summed E-state index contributed by atoms with van der Waals surface area (Å²) in [5, 5.41) is 0.473. The Morgan fingerprint density at radius 2 is 1.89 bits per heavy atom. The molecule has 1 saturated heterocycles. The second kappa shape index (κ2) is 10.5. The van der Waals surface area contributed by atoms with Gasteiger partial charge in [-0.25, -0.2) is 14.4 Å². The van der Waals surface area contributed by atoms with Gasteiger partial charge in [0.05, 0.1) is 6.54 Å². The molecule has 0 radical (unpaired) electrons. The number of rotatable bonds is 5. The van der Waals surface area contributed by atoms with Crippen LogP contribution in [0.15, 0.2) is 47.6 Å². The topological polar surface area (TPSA) is 67.0 Å². The maximum Gasteiger partial charge on any atom is 0.232 e. The molecule has 0 spiro atoms. The molecule has 3 rings (SSSR count). The molecular weight excluding hydrogens is 484 g/mol. The monoisotopic (exact) mass is 505 g/mol. The number of benzene rings is 1. The van der Waals surface area contributed by atoms with Crippen LogP contribution >= 0.6 is 35.6 Å². The number of piperazine rings is 1. The van der Waals surface area contributed by atoms with E-state index >= 15 is 0 Å². The third kappa shape index (κ3) is 6.10. The number of aliphatic imine (C=N–C) groups is 1. The molecule has 1 aliphatic rings. The van der Waals surface area contributed by atoms with Gasteiger partial charge in [-0.1, -0.05) is 11.6 Å². The molecule has 2 N–H and O–H groups in total. The fourth-order valence-corrected chi connectivity index (χ4v) is 2.90. The summed E-state index contributed by atoms with van der Waals surface area (Å²) < 4.78 is 18.5. The van der Waals surface area contributed by atoms with Gasteiger partial charge < -0.3 is 20.3 Å². The van der Waals surface area contributed by atoms with Crippen LogP contribution in [-0.4, -0.2) is 55.2 Å². The Labute approximate surface area is 180 Å². The van der Waals surface area contributed by atoms with Crippen LogP contribution in [0.4, 0.5) is 10.1 Å². The molecule has 9 heteroatoms. The van der Waals surface area contributed by atoms with Crippen LogP contribution in [0.1, 0.15) is 0 Å². The van der Waals surface area contributed by atoms with Crippen LogP contribution in [0.3, 0.4) is 0 Å². The van der Waals surface area contributed by atoms with Crippen molar-refractivity contribution in [3.63, 3.8) is 0 Å². The molecule has 1 aromatic carbocycles. The first-order valence-corrected chi connectivity index (χ1v) is 8.80. The number of guanidine groups is 1. The fraction of sp³-hybridized carbons (Fsp3) is 0.333. The van der Waals surface area contributed by atoms with Crippen molar-refractivity contribution in [2.24, 2.45) is 10.7 Å². The van der Waals surface area contributed by atoms with E-state index in [-0.39, 0.29) is 29.8 Å². The maximum atomic E-state index is 13.0.